The number of aliphatic hydroxyl groups excluding tert-OH is 2. The zero-order valence-electron chi connectivity index (χ0n) is 33.8. The van der Waals surface area contributed by atoms with Gasteiger partial charge in [0.2, 0.25) is 5.91 Å². The highest BCUT2D eigenvalue weighted by Gasteiger charge is 2.18. The number of aliphatic hydroxyl groups is 2. The largest absolute Gasteiger partial charge is 0.466 e. The van der Waals surface area contributed by atoms with Gasteiger partial charge in [-0.05, 0) is 57.8 Å². The molecule has 0 heterocycles. The first-order valence-corrected chi connectivity index (χ1v) is 22.1. The average Bonchev–Trinajstić information content (AvgIpc) is 3.13. The molecule has 2 atom stereocenters. The molecule has 0 bridgehead atoms. The van der Waals surface area contributed by atoms with Gasteiger partial charge in [-0.2, -0.15) is 0 Å². The van der Waals surface area contributed by atoms with E-state index in [9.17, 15) is 19.8 Å². The fourth-order valence-corrected chi connectivity index (χ4v) is 6.51. The van der Waals surface area contributed by atoms with E-state index in [4.69, 9.17) is 4.74 Å². The van der Waals surface area contributed by atoms with Gasteiger partial charge in [-0.3, -0.25) is 9.59 Å². The van der Waals surface area contributed by atoms with Crippen molar-refractivity contribution in [2.24, 2.45) is 0 Å². The van der Waals surface area contributed by atoms with E-state index < -0.39 is 12.1 Å². The van der Waals surface area contributed by atoms with E-state index >= 15 is 0 Å². The predicted octanol–water partition coefficient (Wildman–Crippen LogP) is 12.4. The molecule has 0 aliphatic heterocycles. The lowest BCUT2D eigenvalue weighted by molar-refractivity contribution is -0.143. The molecule has 0 aliphatic rings. The van der Waals surface area contributed by atoms with Crippen molar-refractivity contribution < 1.29 is 24.5 Å². The Labute approximate surface area is 316 Å². The molecular formula is C45H85NO5. The molecule has 0 rings (SSSR count). The van der Waals surface area contributed by atoms with Crippen LogP contribution in [0.1, 0.15) is 226 Å². The second kappa shape index (κ2) is 41.1. The molecule has 0 aromatic heterocycles. The second-order valence-corrected chi connectivity index (χ2v) is 15.0. The van der Waals surface area contributed by atoms with Gasteiger partial charge < -0.3 is 20.3 Å². The minimum absolute atomic E-state index is 0.0370. The van der Waals surface area contributed by atoms with Crippen LogP contribution in [0.2, 0.25) is 0 Å². The molecule has 0 saturated carbocycles. The number of hydrogen-bond acceptors (Lipinski definition) is 5. The van der Waals surface area contributed by atoms with Crippen LogP contribution in [-0.2, 0) is 14.3 Å². The van der Waals surface area contributed by atoms with Crippen molar-refractivity contribution >= 4 is 11.9 Å². The van der Waals surface area contributed by atoms with Gasteiger partial charge in [0.1, 0.15) is 0 Å². The molecule has 0 saturated heterocycles. The van der Waals surface area contributed by atoms with Gasteiger partial charge in [0.15, 0.2) is 0 Å². The summed E-state index contributed by atoms with van der Waals surface area (Å²) in [7, 11) is 0. The Hall–Kier alpha value is -1.66. The number of esters is 1. The van der Waals surface area contributed by atoms with Crippen molar-refractivity contribution in [2.45, 2.75) is 238 Å². The molecule has 51 heavy (non-hydrogen) atoms. The van der Waals surface area contributed by atoms with Crippen LogP contribution in [-0.4, -0.2) is 47.4 Å². The van der Waals surface area contributed by atoms with E-state index in [0.717, 1.165) is 77.0 Å². The second-order valence-electron chi connectivity index (χ2n) is 15.0. The summed E-state index contributed by atoms with van der Waals surface area (Å²) in [6, 6.07) is -0.649. The van der Waals surface area contributed by atoms with Gasteiger partial charge in [-0.15, -0.1) is 0 Å². The van der Waals surface area contributed by atoms with Crippen LogP contribution in [0.15, 0.2) is 24.3 Å². The summed E-state index contributed by atoms with van der Waals surface area (Å²) >= 11 is 0. The Bertz CT molecular complexity index is 797. The Balaban J connectivity index is 3.53. The highest BCUT2D eigenvalue weighted by atomic mass is 16.5. The third-order valence-electron chi connectivity index (χ3n) is 9.97. The number of rotatable bonds is 40. The van der Waals surface area contributed by atoms with Crippen molar-refractivity contribution in [3.8, 4) is 0 Å². The highest BCUT2D eigenvalue weighted by Crippen LogP contribution is 2.14. The maximum Gasteiger partial charge on any atom is 0.305 e. The molecule has 3 N–H and O–H groups in total. The van der Waals surface area contributed by atoms with Gasteiger partial charge in [0.05, 0.1) is 25.4 Å². The lowest BCUT2D eigenvalue weighted by Gasteiger charge is -2.20. The molecule has 300 valence electrons. The van der Waals surface area contributed by atoms with Gasteiger partial charge in [-0.1, -0.05) is 179 Å². The first kappa shape index (κ1) is 49.3. The molecule has 1 amide bonds. The Kier molecular flexibility index (Phi) is 39.8. The SMILES string of the molecule is CCCCCCCCC/C=C/C(O)C(CO)NC(=O)CCCCCC/C=C\CCCCOC(=O)CCCCCCCCCCCCCCCCC. The van der Waals surface area contributed by atoms with E-state index in [2.05, 4.69) is 31.3 Å². The molecular weight excluding hydrogens is 634 g/mol. The Morgan fingerprint density at radius 1 is 0.529 bits per heavy atom. The van der Waals surface area contributed by atoms with E-state index in [1.807, 2.05) is 6.08 Å². The van der Waals surface area contributed by atoms with Gasteiger partial charge >= 0.3 is 5.97 Å². The molecule has 6 heteroatoms. The summed E-state index contributed by atoms with van der Waals surface area (Å²) in [6.45, 7) is 4.77. The lowest BCUT2D eigenvalue weighted by Crippen LogP contribution is -2.45. The van der Waals surface area contributed by atoms with Crippen molar-refractivity contribution in [1.29, 1.82) is 0 Å². The third kappa shape index (κ3) is 37.9. The number of amides is 1. The minimum Gasteiger partial charge on any atom is -0.466 e. The molecule has 0 fully saturated rings. The Morgan fingerprint density at radius 3 is 1.39 bits per heavy atom. The van der Waals surface area contributed by atoms with Gasteiger partial charge in [0, 0.05) is 12.8 Å². The number of allylic oxidation sites excluding steroid dienone is 3. The van der Waals surface area contributed by atoms with E-state index in [-0.39, 0.29) is 18.5 Å². The van der Waals surface area contributed by atoms with Crippen molar-refractivity contribution in [2.75, 3.05) is 13.2 Å². The normalized spacial score (nSPS) is 12.9. The number of nitrogens with one attached hydrogen (secondary N) is 1. The zero-order chi connectivity index (χ0) is 37.3. The Morgan fingerprint density at radius 2 is 0.922 bits per heavy atom. The standard InChI is InChI=1S/C45H85NO5/c1-3-5-7-9-11-13-14-15-16-17-18-23-27-31-35-39-45(50)51-40-36-32-28-24-20-19-22-26-30-34-38-44(49)46-42(41-47)43(48)37-33-29-25-21-12-10-8-6-4-2/h20,24,33,37,42-43,47-48H,3-19,21-23,25-32,34-36,38-41H2,1-2H3,(H,46,49)/b24-20-,37-33+. The number of ether oxygens (including phenoxy) is 1. The van der Waals surface area contributed by atoms with Gasteiger partial charge in [-0.25, -0.2) is 0 Å². The van der Waals surface area contributed by atoms with Crippen LogP contribution in [0.5, 0.6) is 0 Å². The summed E-state index contributed by atoms with van der Waals surface area (Å²) < 4.78 is 5.42. The van der Waals surface area contributed by atoms with Crippen LogP contribution >= 0.6 is 0 Å². The first-order valence-electron chi connectivity index (χ1n) is 22.1. The number of carbonyl (C=O) groups is 2. The summed E-state index contributed by atoms with van der Waals surface area (Å²) in [5.41, 5.74) is 0. The summed E-state index contributed by atoms with van der Waals surface area (Å²) in [5.74, 6) is -0.144. The number of carbonyl (C=O) groups excluding carboxylic acids is 2. The minimum atomic E-state index is -0.862. The molecule has 6 nitrogen and oxygen atoms in total. The smallest absolute Gasteiger partial charge is 0.305 e. The van der Waals surface area contributed by atoms with Crippen LogP contribution in [0.4, 0.5) is 0 Å². The third-order valence-corrected chi connectivity index (χ3v) is 9.97. The fourth-order valence-electron chi connectivity index (χ4n) is 6.51. The van der Waals surface area contributed by atoms with Gasteiger partial charge in [0.25, 0.3) is 0 Å². The molecule has 0 radical (unpaired) electrons. The van der Waals surface area contributed by atoms with Crippen molar-refractivity contribution in [1.82, 2.24) is 5.32 Å². The number of hydrogen-bond donors (Lipinski definition) is 3. The van der Waals surface area contributed by atoms with Crippen LogP contribution in [0.25, 0.3) is 0 Å². The summed E-state index contributed by atoms with van der Waals surface area (Å²) in [4.78, 5) is 24.3. The van der Waals surface area contributed by atoms with E-state index in [1.165, 1.54) is 122 Å². The van der Waals surface area contributed by atoms with Crippen LogP contribution < -0.4 is 5.32 Å². The topological polar surface area (TPSA) is 95.9 Å². The van der Waals surface area contributed by atoms with Crippen molar-refractivity contribution in [3.05, 3.63) is 24.3 Å². The summed E-state index contributed by atoms with van der Waals surface area (Å²) in [6.07, 6.45) is 46.0. The highest BCUT2D eigenvalue weighted by molar-refractivity contribution is 5.76. The summed E-state index contributed by atoms with van der Waals surface area (Å²) in [5, 5.41) is 22.8. The quantitative estimate of drug-likeness (QED) is 0.0333. The maximum atomic E-state index is 12.3. The number of unbranched alkanes of at least 4 members (excludes halogenated alkanes) is 27. The van der Waals surface area contributed by atoms with E-state index in [0.29, 0.717) is 19.4 Å². The van der Waals surface area contributed by atoms with Crippen LogP contribution in [0.3, 0.4) is 0 Å². The van der Waals surface area contributed by atoms with Crippen LogP contribution in [0, 0.1) is 0 Å². The monoisotopic (exact) mass is 720 g/mol. The van der Waals surface area contributed by atoms with E-state index in [1.54, 1.807) is 6.08 Å². The molecule has 0 aromatic rings. The predicted molar refractivity (Wildman–Crippen MR) is 218 cm³/mol. The molecule has 0 aromatic carbocycles. The molecule has 0 spiro atoms. The fraction of sp³-hybridized carbons (Fsp3) is 0.867. The first-order chi connectivity index (χ1) is 25.0. The molecule has 2 unspecified atom stereocenters. The maximum absolute atomic E-state index is 12.3. The average molecular weight is 720 g/mol. The zero-order valence-corrected chi connectivity index (χ0v) is 33.8. The molecule has 0 aliphatic carbocycles. The lowest BCUT2D eigenvalue weighted by atomic mass is 10.0. The van der Waals surface area contributed by atoms with Crippen molar-refractivity contribution in [3.63, 3.8) is 0 Å².